The summed E-state index contributed by atoms with van der Waals surface area (Å²) in [4.78, 5) is 0.274. The molecule has 0 aliphatic heterocycles. The normalized spacial score (nSPS) is 17.9. The van der Waals surface area contributed by atoms with Gasteiger partial charge >= 0.3 is 0 Å². The lowest BCUT2D eigenvalue weighted by molar-refractivity contribution is 0.357. The Morgan fingerprint density at radius 1 is 1.28 bits per heavy atom. The number of hydrogen-bond donors (Lipinski definition) is 2. The summed E-state index contributed by atoms with van der Waals surface area (Å²) < 4.78 is 26.9. The minimum Gasteiger partial charge on any atom is -0.399 e. The second-order valence-electron chi connectivity index (χ2n) is 5.41. The maximum atomic E-state index is 12.1. The van der Waals surface area contributed by atoms with Crippen LogP contribution in [-0.2, 0) is 10.0 Å². The molecule has 0 amide bonds. The van der Waals surface area contributed by atoms with E-state index in [4.69, 9.17) is 5.73 Å². The average Bonchev–Trinajstić information content (AvgIpc) is 3.08. The van der Waals surface area contributed by atoms with Crippen molar-refractivity contribution in [3.05, 3.63) is 24.3 Å². The molecule has 5 heteroatoms. The van der Waals surface area contributed by atoms with Crippen molar-refractivity contribution in [2.45, 2.75) is 31.6 Å². The van der Waals surface area contributed by atoms with Gasteiger partial charge in [-0.3, -0.25) is 0 Å². The molecule has 0 atom stereocenters. The number of rotatable bonds is 5. The van der Waals surface area contributed by atoms with E-state index in [1.54, 1.807) is 12.1 Å². The molecule has 18 heavy (non-hydrogen) atoms. The summed E-state index contributed by atoms with van der Waals surface area (Å²) in [6, 6.07) is 6.27. The van der Waals surface area contributed by atoms with E-state index in [0.29, 0.717) is 18.2 Å². The summed E-state index contributed by atoms with van der Waals surface area (Å²) in [6.07, 6.45) is 2.21. The Bertz CT molecular complexity index is 516. The van der Waals surface area contributed by atoms with Gasteiger partial charge in [0.25, 0.3) is 0 Å². The second kappa shape index (κ2) is 4.55. The van der Waals surface area contributed by atoms with Crippen molar-refractivity contribution < 1.29 is 8.42 Å². The second-order valence-corrected chi connectivity index (χ2v) is 7.18. The highest BCUT2D eigenvalue weighted by atomic mass is 32.2. The molecule has 0 saturated heterocycles. The molecular weight excluding hydrogens is 248 g/mol. The largest absolute Gasteiger partial charge is 0.399 e. The van der Waals surface area contributed by atoms with Crippen LogP contribution >= 0.6 is 0 Å². The molecule has 4 nitrogen and oxygen atoms in total. The van der Waals surface area contributed by atoms with Crippen LogP contribution in [0.5, 0.6) is 0 Å². The van der Waals surface area contributed by atoms with Crippen molar-refractivity contribution in [1.82, 2.24) is 4.72 Å². The van der Waals surface area contributed by atoms with Gasteiger partial charge in [-0.25, -0.2) is 13.1 Å². The molecule has 0 spiro atoms. The molecular formula is C13H20N2O2S. The van der Waals surface area contributed by atoms with Gasteiger partial charge in [-0.1, -0.05) is 13.8 Å². The summed E-state index contributed by atoms with van der Waals surface area (Å²) in [7, 11) is -3.41. The summed E-state index contributed by atoms with van der Waals surface area (Å²) in [5, 5.41) is 0. The predicted molar refractivity (Wildman–Crippen MR) is 72.5 cm³/mol. The van der Waals surface area contributed by atoms with E-state index < -0.39 is 10.0 Å². The molecule has 1 aromatic carbocycles. The minimum absolute atomic E-state index is 0.168. The summed E-state index contributed by atoms with van der Waals surface area (Å²) in [6.45, 7) is 4.81. The third kappa shape index (κ3) is 2.67. The molecule has 0 unspecified atom stereocenters. The molecule has 0 bridgehead atoms. The Hall–Kier alpha value is -1.07. The van der Waals surface area contributed by atoms with Crippen LogP contribution in [0.1, 0.15) is 26.7 Å². The first-order chi connectivity index (χ1) is 8.36. The van der Waals surface area contributed by atoms with Crippen LogP contribution in [0.3, 0.4) is 0 Å². The number of sulfonamides is 1. The zero-order chi connectivity index (χ0) is 13.4. The summed E-state index contributed by atoms with van der Waals surface area (Å²) in [5.74, 6) is 0.506. The van der Waals surface area contributed by atoms with Crippen molar-refractivity contribution in [2.24, 2.45) is 11.3 Å². The molecule has 1 aliphatic carbocycles. The zero-order valence-electron chi connectivity index (χ0n) is 10.8. The van der Waals surface area contributed by atoms with Crippen molar-refractivity contribution in [1.29, 1.82) is 0 Å². The van der Waals surface area contributed by atoms with Gasteiger partial charge in [0.1, 0.15) is 0 Å². The van der Waals surface area contributed by atoms with Crippen molar-refractivity contribution >= 4 is 15.7 Å². The van der Waals surface area contributed by atoms with E-state index in [-0.39, 0.29) is 10.3 Å². The van der Waals surface area contributed by atoms with E-state index in [2.05, 4.69) is 18.6 Å². The highest BCUT2D eigenvalue weighted by Crippen LogP contribution is 2.51. The first kappa shape index (κ1) is 13.4. The van der Waals surface area contributed by atoms with Crippen LogP contribution in [0.2, 0.25) is 0 Å². The highest BCUT2D eigenvalue weighted by Gasteiger charge is 2.45. The quantitative estimate of drug-likeness (QED) is 0.802. The Labute approximate surface area is 109 Å². The van der Waals surface area contributed by atoms with Crippen molar-refractivity contribution in [3.8, 4) is 0 Å². The van der Waals surface area contributed by atoms with E-state index in [0.717, 1.165) is 12.8 Å². The van der Waals surface area contributed by atoms with Crippen LogP contribution < -0.4 is 10.5 Å². The fourth-order valence-corrected chi connectivity index (χ4v) is 3.23. The first-order valence-electron chi connectivity index (χ1n) is 6.21. The standard InChI is InChI=1S/C13H20N2O2S/c1-10(2)13(7-8-13)9-15-18(16,17)12-5-3-11(14)4-6-12/h3-6,10,15H,7-9,14H2,1-2H3. The third-order valence-corrected chi connectivity index (χ3v) is 5.34. The molecule has 2 rings (SSSR count). The number of benzene rings is 1. The summed E-state index contributed by atoms with van der Waals surface area (Å²) in [5.41, 5.74) is 6.28. The van der Waals surface area contributed by atoms with E-state index in [9.17, 15) is 8.42 Å². The lowest BCUT2D eigenvalue weighted by Crippen LogP contribution is -2.32. The third-order valence-electron chi connectivity index (χ3n) is 3.92. The number of anilines is 1. The predicted octanol–water partition coefficient (Wildman–Crippen LogP) is 1.98. The maximum Gasteiger partial charge on any atom is 0.240 e. The Kier molecular flexibility index (Phi) is 3.38. The lowest BCUT2D eigenvalue weighted by atomic mass is 9.93. The molecule has 3 N–H and O–H groups in total. The topological polar surface area (TPSA) is 72.2 Å². The van der Waals surface area contributed by atoms with Crippen LogP contribution in [0, 0.1) is 11.3 Å². The van der Waals surface area contributed by atoms with Gasteiger partial charge in [-0.2, -0.15) is 0 Å². The SMILES string of the molecule is CC(C)C1(CNS(=O)(=O)c2ccc(N)cc2)CC1. The van der Waals surface area contributed by atoms with Gasteiger partial charge in [0.15, 0.2) is 0 Å². The Balaban J connectivity index is 2.06. The highest BCUT2D eigenvalue weighted by molar-refractivity contribution is 7.89. The van der Waals surface area contributed by atoms with Crippen LogP contribution in [0.15, 0.2) is 29.2 Å². The van der Waals surface area contributed by atoms with Gasteiger partial charge in [0.2, 0.25) is 10.0 Å². The van der Waals surface area contributed by atoms with Crippen molar-refractivity contribution in [3.63, 3.8) is 0 Å². The van der Waals surface area contributed by atoms with Crippen LogP contribution in [-0.4, -0.2) is 15.0 Å². The molecule has 0 heterocycles. The van der Waals surface area contributed by atoms with E-state index >= 15 is 0 Å². The molecule has 1 saturated carbocycles. The Morgan fingerprint density at radius 3 is 2.28 bits per heavy atom. The number of hydrogen-bond acceptors (Lipinski definition) is 3. The number of nitrogens with one attached hydrogen (secondary N) is 1. The molecule has 1 fully saturated rings. The monoisotopic (exact) mass is 268 g/mol. The van der Waals surface area contributed by atoms with Crippen LogP contribution in [0.25, 0.3) is 0 Å². The van der Waals surface area contributed by atoms with Gasteiger partial charge < -0.3 is 5.73 Å². The van der Waals surface area contributed by atoms with E-state index in [1.807, 2.05) is 0 Å². The molecule has 1 aromatic rings. The van der Waals surface area contributed by atoms with Gasteiger partial charge in [-0.15, -0.1) is 0 Å². The Morgan fingerprint density at radius 2 is 1.83 bits per heavy atom. The lowest BCUT2D eigenvalue weighted by Gasteiger charge is -2.20. The van der Waals surface area contributed by atoms with E-state index in [1.165, 1.54) is 12.1 Å². The maximum absolute atomic E-state index is 12.1. The smallest absolute Gasteiger partial charge is 0.240 e. The molecule has 0 aromatic heterocycles. The van der Waals surface area contributed by atoms with Gasteiger partial charge in [-0.05, 0) is 48.4 Å². The van der Waals surface area contributed by atoms with Gasteiger partial charge in [0, 0.05) is 12.2 Å². The average molecular weight is 268 g/mol. The minimum atomic E-state index is -3.41. The fourth-order valence-electron chi connectivity index (χ4n) is 2.09. The molecule has 1 aliphatic rings. The first-order valence-corrected chi connectivity index (χ1v) is 7.69. The zero-order valence-corrected chi connectivity index (χ0v) is 11.6. The summed E-state index contributed by atoms with van der Waals surface area (Å²) >= 11 is 0. The number of nitrogens with two attached hydrogens (primary N) is 1. The molecule has 100 valence electrons. The fraction of sp³-hybridized carbons (Fsp3) is 0.538. The number of nitrogen functional groups attached to an aromatic ring is 1. The van der Waals surface area contributed by atoms with Crippen molar-refractivity contribution in [2.75, 3.05) is 12.3 Å². The van der Waals surface area contributed by atoms with Crippen LogP contribution in [0.4, 0.5) is 5.69 Å². The molecule has 0 radical (unpaired) electrons. The van der Waals surface area contributed by atoms with Gasteiger partial charge in [0.05, 0.1) is 4.90 Å².